The number of aliphatic hydroxyl groups excluding tert-OH is 1. The van der Waals surface area contributed by atoms with E-state index in [1.54, 1.807) is 6.20 Å². The Hall–Kier alpha value is -3.05. The van der Waals surface area contributed by atoms with E-state index >= 15 is 0 Å². The summed E-state index contributed by atoms with van der Waals surface area (Å²) in [6, 6.07) is 2.59. The summed E-state index contributed by atoms with van der Waals surface area (Å²) in [6.45, 7) is 0. The molecular weight excluding hydrogens is 480 g/mol. The lowest BCUT2D eigenvalue weighted by Crippen LogP contribution is -2.29. The number of nitrogens with one attached hydrogen (secondary N) is 2. The van der Waals surface area contributed by atoms with Crippen LogP contribution in [0.3, 0.4) is 0 Å². The number of amides is 1. The van der Waals surface area contributed by atoms with Crippen molar-refractivity contribution in [2.24, 2.45) is 11.7 Å². The second-order valence-corrected chi connectivity index (χ2v) is 9.68. The number of nitrogens with zero attached hydrogens (tertiary/aromatic N) is 4. The number of nitrogens with two attached hydrogens (primary N) is 1. The minimum Gasteiger partial charge on any atom is -0.393 e. The molecule has 2 aliphatic rings. The zero-order valence-corrected chi connectivity index (χ0v) is 19.6. The molecule has 0 radical (unpaired) electrons. The van der Waals surface area contributed by atoms with E-state index in [2.05, 4.69) is 25.6 Å². The molecule has 2 saturated carbocycles. The molecule has 2 fully saturated rings. The number of hydrogen-bond acceptors (Lipinski definition) is 7. The molecule has 0 bridgehead atoms. The van der Waals surface area contributed by atoms with Crippen LogP contribution in [0.1, 0.15) is 51.0 Å². The number of hydrogen-bond donors (Lipinski definition) is 4. The number of rotatable bonds is 6. The summed E-state index contributed by atoms with van der Waals surface area (Å²) in [5, 5.41) is 15.7. The third-order valence-corrected chi connectivity index (χ3v) is 7.21. The number of imidazole rings is 1. The molecule has 2 atom stereocenters. The third-order valence-electron chi connectivity index (χ3n) is 6.92. The van der Waals surface area contributed by atoms with Gasteiger partial charge in [-0.15, -0.1) is 0 Å². The Morgan fingerprint density at radius 2 is 1.89 bits per heavy atom. The van der Waals surface area contributed by atoms with Gasteiger partial charge in [-0.25, -0.2) is 18.7 Å². The van der Waals surface area contributed by atoms with Gasteiger partial charge in [-0.3, -0.25) is 9.36 Å². The maximum absolute atomic E-state index is 14.6. The molecular formula is C23H26ClF2N7O2. The Morgan fingerprint density at radius 3 is 2.57 bits per heavy atom. The van der Waals surface area contributed by atoms with Crippen LogP contribution in [0.2, 0.25) is 5.02 Å². The summed E-state index contributed by atoms with van der Waals surface area (Å²) in [5.74, 6) is -2.08. The lowest BCUT2D eigenvalue weighted by atomic mass is 9.85. The first-order valence-corrected chi connectivity index (χ1v) is 12.1. The van der Waals surface area contributed by atoms with E-state index in [1.165, 1.54) is 12.1 Å². The Bertz CT molecular complexity index is 1260. The molecule has 3 aromatic rings. The first kappa shape index (κ1) is 23.7. The average molecular weight is 506 g/mol. The van der Waals surface area contributed by atoms with Crippen molar-refractivity contribution in [2.75, 3.05) is 10.6 Å². The minimum absolute atomic E-state index is 0.0635. The fourth-order valence-electron chi connectivity index (χ4n) is 5.03. The van der Waals surface area contributed by atoms with E-state index in [0.717, 1.165) is 12.8 Å². The van der Waals surface area contributed by atoms with Crippen LogP contribution >= 0.6 is 11.6 Å². The highest BCUT2D eigenvalue weighted by Crippen LogP contribution is 2.37. The van der Waals surface area contributed by atoms with Gasteiger partial charge in [0.15, 0.2) is 17.3 Å². The van der Waals surface area contributed by atoms with Crippen molar-refractivity contribution in [3.63, 3.8) is 0 Å². The van der Waals surface area contributed by atoms with Crippen LogP contribution < -0.4 is 16.4 Å². The number of aromatic nitrogens is 4. The largest absolute Gasteiger partial charge is 0.393 e. The number of carbonyl (C=O) groups is 1. The van der Waals surface area contributed by atoms with Crippen molar-refractivity contribution >= 4 is 46.3 Å². The Labute approximate surface area is 205 Å². The number of fused-ring (bicyclic) bond motifs is 1. The number of carbonyl (C=O) groups excluding carboxylic acids is 1. The molecule has 1 amide bonds. The molecule has 35 heavy (non-hydrogen) atoms. The molecule has 186 valence electrons. The van der Waals surface area contributed by atoms with Gasteiger partial charge in [-0.2, -0.15) is 4.98 Å². The zero-order valence-electron chi connectivity index (χ0n) is 18.8. The number of primary amides is 1. The Morgan fingerprint density at radius 1 is 1.11 bits per heavy atom. The number of aliphatic hydroxyl groups is 1. The van der Waals surface area contributed by atoms with Crippen LogP contribution in [0.4, 0.5) is 26.4 Å². The first-order chi connectivity index (χ1) is 16.8. The van der Waals surface area contributed by atoms with Gasteiger partial charge in [0.2, 0.25) is 17.8 Å². The van der Waals surface area contributed by atoms with E-state index < -0.39 is 11.6 Å². The third kappa shape index (κ3) is 4.74. The zero-order chi connectivity index (χ0) is 24.7. The second kappa shape index (κ2) is 9.54. The molecule has 2 aliphatic carbocycles. The van der Waals surface area contributed by atoms with E-state index in [9.17, 15) is 18.7 Å². The Balaban J connectivity index is 1.52. The topological polar surface area (TPSA) is 131 Å². The molecule has 5 N–H and O–H groups in total. The summed E-state index contributed by atoms with van der Waals surface area (Å²) in [5.41, 5.74) is 6.40. The highest BCUT2D eigenvalue weighted by molar-refractivity contribution is 6.30. The van der Waals surface area contributed by atoms with E-state index in [0.29, 0.717) is 49.2 Å². The van der Waals surface area contributed by atoms with Gasteiger partial charge >= 0.3 is 0 Å². The summed E-state index contributed by atoms with van der Waals surface area (Å²) in [4.78, 5) is 25.3. The van der Waals surface area contributed by atoms with Gasteiger partial charge in [0, 0.05) is 18.0 Å². The van der Waals surface area contributed by atoms with Crippen LogP contribution in [0.25, 0.3) is 11.2 Å². The average Bonchev–Trinajstić information content (AvgIpc) is 3.41. The molecule has 0 spiro atoms. The van der Waals surface area contributed by atoms with Crippen molar-refractivity contribution in [3.05, 3.63) is 35.0 Å². The van der Waals surface area contributed by atoms with Crippen molar-refractivity contribution in [1.29, 1.82) is 0 Å². The van der Waals surface area contributed by atoms with Crippen molar-refractivity contribution in [2.45, 2.75) is 63.1 Å². The number of benzene rings is 1. The van der Waals surface area contributed by atoms with Crippen molar-refractivity contribution in [1.82, 2.24) is 19.5 Å². The molecule has 1 aromatic carbocycles. The SMILES string of the molecule is NC(=O)[C@H]1CC[C@@H](n2c(Nc3ccc(Cl)c(F)c3F)nc3cnc(N[C@@H]4CC[C@@H](O)C4)nc32)CC1. The predicted octanol–water partition coefficient (Wildman–Crippen LogP) is 4.04. The van der Waals surface area contributed by atoms with Gasteiger partial charge in [0.05, 0.1) is 23.0 Å². The highest BCUT2D eigenvalue weighted by atomic mass is 35.5. The van der Waals surface area contributed by atoms with E-state index in [4.69, 9.17) is 17.3 Å². The van der Waals surface area contributed by atoms with E-state index in [-0.39, 0.29) is 46.7 Å². The second-order valence-electron chi connectivity index (χ2n) is 9.27. The summed E-state index contributed by atoms with van der Waals surface area (Å²) < 4.78 is 30.5. The standard InChI is InChI=1S/C23H26ClF2N7O2/c24-15-7-8-16(19(26)18(15)25)30-23-31-17-10-28-22(29-12-3-6-14(34)9-12)32-21(17)33(23)13-4-1-11(2-5-13)20(27)35/h7-8,10-14,34H,1-6,9H2,(H2,27,35)(H,30,31)(H,28,29,32)/t11-,12-,13+,14-/m1/s1. The Kier molecular flexibility index (Phi) is 6.45. The normalized spacial score (nSPS) is 24.6. The summed E-state index contributed by atoms with van der Waals surface area (Å²) >= 11 is 5.70. The van der Waals surface area contributed by atoms with Crippen molar-refractivity contribution < 1.29 is 18.7 Å². The van der Waals surface area contributed by atoms with Gasteiger partial charge in [0.1, 0.15) is 5.52 Å². The molecule has 9 nitrogen and oxygen atoms in total. The smallest absolute Gasteiger partial charge is 0.224 e. The van der Waals surface area contributed by atoms with Crippen LogP contribution in [0, 0.1) is 17.6 Å². The van der Waals surface area contributed by atoms with Gasteiger partial charge in [-0.05, 0) is 57.1 Å². The molecule has 2 heterocycles. The molecule has 5 rings (SSSR count). The maximum atomic E-state index is 14.6. The number of halogens is 3. The van der Waals surface area contributed by atoms with E-state index in [1.807, 2.05) is 4.57 Å². The lowest BCUT2D eigenvalue weighted by Gasteiger charge is -2.29. The van der Waals surface area contributed by atoms with Crippen LogP contribution in [-0.4, -0.2) is 42.7 Å². The highest BCUT2D eigenvalue weighted by Gasteiger charge is 2.30. The van der Waals surface area contributed by atoms with Crippen LogP contribution in [0.15, 0.2) is 18.3 Å². The summed E-state index contributed by atoms with van der Waals surface area (Å²) in [7, 11) is 0. The van der Waals surface area contributed by atoms with Crippen LogP contribution in [0.5, 0.6) is 0 Å². The molecule has 12 heteroatoms. The quantitative estimate of drug-likeness (QED) is 0.372. The molecule has 0 unspecified atom stereocenters. The molecule has 0 aliphatic heterocycles. The van der Waals surface area contributed by atoms with Gasteiger partial charge < -0.3 is 21.5 Å². The van der Waals surface area contributed by atoms with Crippen molar-refractivity contribution in [3.8, 4) is 0 Å². The van der Waals surface area contributed by atoms with Gasteiger partial charge in [-0.1, -0.05) is 11.6 Å². The lowest BCUT2D eigenvalue weighted by molar-refractivity contribution is -0.122. The fraction of sp³-hybridized carbons (Fsp3) is 0.478. The van der Waals surface area contributed by atoms with Crippen LogP contribution in [-0.2, 0) is 4.79 Å². The fourth-order valence-corrected chi connectivity index (χ4v) is 5.17. The summed E-state index contributed by atoms with van der Waals surface area (Å²) in [6.07, 6.45) is 5.90. The predicted molar refractivity (Wildman–Crippen MR) is 127 cm³/mol. The first-order valence-electron chi connectivity index (χ1n) is 11.7. The monoisotopic (exact) mass is 505 g/mol. The molecule has 2 aromatic heterocycles. The minimum atomic E-state index is -1.15. The van der Waals surface area contributed by atoms with Gasteiger partial charge in [0.25, 0.3) is 0 Å². The maximum Gasteiger partial charge on any atom is 0.224 e. The molecule has 0 saturated heterocycles. The number of anilines is 3.